The number of hydrogen-bond acceptors (Lipinski definition) is 4. The summed E-state index contributed by atoms with van der Waals surface area (Å²) < 4.78 is 0. The average molecular weight is 237 g/mol. The predicted octanol–water partition coefficient (Wildman–Crippen LogP) is 0.857. The van der Waals surface area contributed by atoms with Gasteiger partial charge >= 0.3 is 0 Å². The van der Waals surface area contributed by atoms with Gasteiger partial charge in [-0.3, -0.25) is 9.78 Å². The van der Waals surface area contributed by atoms with Crippen molar-refractivity contribution >= 4 is 5.91 Å². The highest BCUT2D eigenvalue weighted by molar-refractivity contribution is 5.94. The van der Waals surface area contributed by atoms with Crippen LogP contribution in [0.25, 0.3) is 0 Å². The molecule has 1 aromatic rings. The van der Waals surface area contributed by atoms with Crippen molar-refractivity contribution in [3.8, 4) is 5.75 Å². The molecule has 2 N–H and O–H groups in total. The lowest BCUT2D eigenvalue weighted by atomic mass is 10.2. The smallest absolute Gasteiger partial charge is 0.253 e. The molecule has 0 unspecified atom stereocenters. The van der Waals surface area contributed by atoms with E-state index in [-0.39, 0.29) is 11.7 Å². The van der Waals surface area contributed by atoms with E-state index in [4.69, 9.17) is 0 Å². The first-order valence-corrected chi connectivity index (χ1v) is 5.63. The maximum Gasteiger partial charge on any atom is 0.253 e. The second-order valence-corrected chi connectivity index (χ2v) is 4.26. The summed E-state index contributed by atoms with van der Waals surface area (Å²) in [6, 6.07) is 1.85. The molecule has 1 rings (SSSR count). The molecule has 5 nitrogen and oxygen atoms in total. The van der Waals surface area contributed by atoms with Crippen LogP contribution in [0.4, 0.5) is 0 Å². The second-order valence-electron chi connectivity index (χ2n) is 4.26. The number of aromatic hydroxyl groups is 1. The lowest BCUT2D eigenvalue weighted by Crippen LogP contribution is -2.36. The van der Waals surface area contributed by atoms with E-state index >= 15 is 0 Å². The van der Waals surface area contributed by atoms with Gasteiger partial charge in [0.05, 0.1) is 11.8 Å². The molecule has 0 aliphatic heterocycles. The van der Waals surface area contributed by atoms with Gasteiger partial charge in [-0.15, -0.1) is 0 Å². The lowest BCUT2D eigenvalue weighted by molar-refractivity contribution is 0.0947. The molecule has 0 aliphatic rings. The molecule has 1 heterocycles. The molecule has 0 aliphatic carbocycles. The van der Waals surface area contributed by atoms with Crippen molar-refractivity contribution in [1.29, 1.82) is 0 Å². The summed E-state index contributed by atoms with van der Waals surface area (Å²) in [5, 5.41) is 12.0. The van der Waals surface area contributed by atoms with Crippen LogP contribution in [-0.4, -0.2) is 47.1 Å². The second kappa shape index (κ2) is 6.20. The zero-order chi connectivity index (χ0) is 12.8. The Hall–Kier alpha value is -1.62. The molecule has 17 heavy (non-hydrogen) atoms. The minimum Gasteiger partial charge on any atom is -0.506 e. The highest BCUT2D eigenvalue weighted by Gasteiger charge is 2.07. The molecule has 1 amide bonds. The van der Waals surface area contributed by atoms with Crippen LogP contribution in [0.3, 0.4) is 0 Å². The molecule has 0 radical (unpaired) electrons. The van der Waals surface area contributed by atoms with Crippen LogP contribution in [0.5, 0.6) is 5.75 Å². The van der Waals surface area contributed by atoms with E-state index in [2.05, 4.69) is 29.0 Å². The number of hydrogen-bond donors (Lipinski definition) is 2. The van der Waals surface area contributed by atoms with Crippen molar-refractivity contribution in [3.63, 3.8) is 0 Å². The number of aromatic nitrogens is 1. The maximum atomic E-state index is 11.7. The van der Waals surface area contributed by atoms with Crippen LogP contribution in [-0.2, 0) is 0 Å². The number of carbonyl (C=O) groups is 1. The Labute approximate surface area is 101 Å². The summed E-state index contributed by atoms with van der Waals surface area (Å²) in [6.45, 7) is 5.56. The van der Waals surface area contributed by atoms with Gasteiger partial charge < -0.3 is 15.3 Å². The summed E-state index contributed by atoms with van der Waals surface area (Å²) in [4.78, 5) is 17.6. The van der Waals surface area contributed by atoms with Crippen LogP contribution in [0.15, 0.2) is 18.5 Å². The highest BCUT2D eigenvalue weighted by Crippen LogP contribution is 2.07. The number of nitrogens with one attached hydrogen (secondary N) is 1. The predicted molar refractivity (Wildman–Crippen MR) is 66.0 cm³/mol. The Kier molecular flexibility index (Phi) is 4.90. The minimum absolute atomic E-state index is 0.00283. The van der Waals surface area contributed by atoms with Crippen molar-refractivity contribution in [2.45, 2.75) is 19.9 Å². The summed E-state index contributed by atoms with van der Waals surface area (Å²) in [5.74, 6) is -0.220. The molecule has 0 bridgehead atoms. The summed E-state index contributed by atoms with van der Waals surface area (Å²) in [6.07, 6.45) is 2.73. The molecular formula is C12H19N3O2. The van der Waals surface area contributed by atoms with E-state index in [0.29, 0.717) is 18.2 Å². The maximum absolute atomic E-state index is 11.7. The third-order valence-electron chi connectivity index (χ3n) is 2.62. The van der Waals surface area contributed by atoms with E-state index in [9.17, 15) is 9.90 Å². The van der Waals surface area contributed by atoms with Gasteiger partial charge in [-0.1, -0.05) is 0 Å². The van der Waals surface area contributed by atoms with Gasteiger partial charge in [-0.05, 0) is 27.0 Å². The summed E-state index contributed by atoms with van der Waals surface area (Å²) >= 11 is 0. The number of pyridine rings is 1. The van der Waals surface area contributed by atoms with Crippen molar-refractivity contribution < 1.29 is 9.90 Å². The van der Waals surface area contributed by atoms with Crippen molar-refractivity contribution in [2.24, 2.45) is 0 Å². The molecule has 5 heteroatoms. The van der Waals surface area contributed by atoms with E-state index < -0.39 is 0 Å². The standard InChI is InChI=1S/C12H19N3O2/c1-9(2)15(3)5-4-14-12(17)10-6-11(16)8-13-7-10/h6-9,16H,4-5H2,1-3H3,(H,14,17). The first kappa shape index (κ1) is 13.4. The molecule has 0 spiro atoms. The van der Waals surface area contributed by atoms with E-state index in [1.165, 1.54) is 18.5 Å². The normalized spacial score (nSPS) is 10.9. The highest BCUT2D eigenvalue weighted by atomic mass is 16.3. The Morgan fingerprint density at radius 3 is 2.82 bits per heavy atom. The van der Waals surface area contributed by atoms with Gasteiger partial charge in [0.1, 0.15) is 5.75 Å². The number of likely N-dealkylation sites (N-methyl/N-ethyl adjacent to an activating group) is 1. The number of nitrogens with zero attached hydrogens (tertiary/aromatic N) is 2. The third kappa shape index (κ3) is 4.40. The average Bonchev–Trinajstić information content (AvgIpc) is 2.28. The van der Waals surface area contributed by atoms with Crippen LogP contribution < -0.4 is 5.32 Å². The van der Waals surface area contributed by atoms with Crippen LogP contribution in [0, 0.1) is 0 Å². The van der Waals surface area contributed by atoms with Crippen LogP contribution in [0.1, 0.15) is 24.2 Å². The Balaban J connectivity index is 2.40. The first-order valence-electron chi connectivity index (χ1n) is 5.63. The van der Waals surface area contributed by atoms with Crippen molar-refractivity contribution in [3.05, 3.63) is 24.0 Å². The Bertz CT molecular complexity index is 380. The first-order chi connectivity index (χ1) is 8.00. The number of rotatable bonds is 5. The third-order valence-corrected chi connectivity index (χ3v) is 2.62. The molecule has 94 valence electrons. The molecule has 1 aromatic heterocycles. The Morgan fingerprint density at radius 2 is 2.24 bits per heavy atom. The summed E-state index contributed by atoms with van der Waals surface area (Å²) in [5.41, 5.74) is 0.372. The topological polar surface area (TPSA) is 65.5 Å². The molecule has 0 saturated heterocycles. The zero-order valence-electron chi connectivity index (χ0n) is 10.5. The Morgan fingerprint density at radius 1 is 1.53 bits per heavy atom. The fraction of sp³-hybridized carbons (Fsp3) is 0.500. The monoisotopic (exact) mass is 237 g/mol. The summed E-state index contributed by atoms with van der Waals surface area (Å²) in [7, 11) is 2.01. The zero-order valence-corrected chi connectivity index (χ0v) is 10.5. The fourth-order valence-electron chi connectivity index (χ4n) is 1.26. The van der Waals surface area contributed by atoms with Crippen molar-refractivity contribution in [1.82, 2.24) is 15.2 Å². The fourth-order valence-corrected chi connectivity index (χ4v) is 1.26. The van der Waals surface area contributed by atoms with Gasteiger partial charge in [0.2, 0.25) is 0 Å². The van der Waals surface area contributed by atoms with Gasteiger partial charge in [-0.25, -0.2) is 0 Å². The quantitative estimate of drug-likeness (QED) is 0.797. The lowest BCUT2D eigenvalue weighted by Gasteiger charge is -2.20. The molecular weight excluding hydrogens is 218 g/mol. The number of carbonyl (C=O) groups excluding carboxylic acids is 1. The van der Waals surface area contributed by atoms with Gasteiger partial charge in [-0.2, -0.15) is 0 Å². The van der Waals surface area contributed by atoms with Crippen LogP contribution in [0.2, 0.25) is 0 Å². The van der Waals surface area contributed by atoms with E-state index in [1.54, 1.807) is 0 Å². The molecule has 0 saturated carbocycles. The molecule has 0 atom stereocenters. The number of amides is 1. The van der Waals surface area contributed by atoms with Gasteiger partial charge in [0.25, 0.3) is 5.91 Å². The van der Waals surface area contributed by atoms with Crippen LogP contribution >= 0.6 is 0 Å². The molecule has 0 fully saturated rings. The largest absolute Gasteiger partial charge is 0.506 e. The van der Waals surface area contributed by atoms with Gasteiger partial charge in [0.15, 0.2) is 0 Å². The minimum atomic E-state index is -0.217. The van der Waals surface area contributed by atoms with E-state index in [1.807, 2.05) is 7.05 Å². The molecule has 0 aromatic carbocycles. The van der Waals surface area contributed by atoms with E-state index in [0.717, 1.165) is 6.54 Å². The SMILES string of the molecule is CC(C)N(C)CCNC(=O)c1cncc(O)c1. The van der Waals surface area contributed by atoms with Crippen molar-refractivity contribution in [2.75, 3.05) is 20.1 Å². The van der Waals surface area contributed by atoms with Gasteiger partial charge in [0, 0.05) is 25.3 Å².